The smallest absolute Gasteiger partial charge is 0.0410 e. The number of hydrogen-bond donors (Lipinski definition) is 1. The van der Waals surface area contributed by atoms with Gasteiger partial charge in [0.15, 0.2) is 0 Å². The molecule has 0 aliphatic heterocycles. The van der Waals surface area contributed by atoms with Gasteiger partial charge in [-0.1, -0.05) is 23.7 Å². The van der Waals surface area contributed by atoms with Crippen molar-refractivity contribution in [2.24, 2.45) is 0 Å². The Kier molecular flexibility index (Phi) is 5.92. The van der Waals surface area contributed by atoms with Crippen molar-refractivity contribution in [3.05, 3.63) is 65.8 Å². The molecule has 19 heavy (non-hydrogen) atoms. The van der Waals surface area contributed by atoms with Crippen LogP contribution in [0.1, 0.15) is 17.2 Å². The molecule has 0 aliphatic rings. The second-order valence-corrected chi connectivity index (χ2v) is 7.18. The molecule has 1 atom stereocenters. The number of hydrogen-bond acceptors (Lipinski definition) is 1. The van der Waals surface area contributed by atoms with Gasteiger partial charge in [0.2, 0.25) is 0 Å². The van der Waals surface area contributed by atoms with Crippen LogP contribution in [0, 0.1) is 7.14 Å². The number of halogens is 3. The van der Waals surface area contributed by atoms with E-state index in [1.54, 1.807) is 0 Å². The predicted octanol–water partition coefficient (Wildman–Crippen LogP) is 5.05. The summed E-state index contributed by atoms with van der Waals surface area (Å²) in [5.41, 5.74) is 2.59. The molecule has 0 radical (unpaired) electrons. The van der Waals surface area contributed by atoms with Gasteiger partial charge in [0.05, 0.1) is 0 Å². The third kappa shape index (κ3) is 4.31. The van der Waals surface area contributed by atoms with Crippen LogP contribution in [-0.4, -0.2) is 7.05 Å². The molecular weight excluding hydrogens is 483 g/mol. The van der Waals surface area contributed by atoms with Crippen LogP contribution in [0.2, 0.25) is 5.02 Å². The highest BCUT2D eigenvalue weighted by Crippen LogP contribution is 2.26. The quantitative estimate of drug-likeness (QED) is 0.583. The highest BCUT2D eigenvalue weighted by Gasteiger charge is 2.13. The second-order valence-electron chi connectivity index (χ2n) is 4.34. The number of likely N-dealkylation sites (N-methyl/N-ethyl adjacent to an activating group) is 1. The number of rotatable bonds is 4. The summed E-state index contributed by atoms with van der Waals surface area (Å²) in [7, 11) is 1.99. The van der Waals surface area contributed by atoms with Gasteiger partial charge in [0, 0.05) is 18.2 Å². The standard InChI is InChI=1S/C15H14ClI2N/c1-19-15(8-10-2-5-12(17)6-3-10)13-9-11(16)4-7-14(13)18/h2-7,9,15,19H,8H2,1H3. The molecule has 0 saturated carbocycles. The summed E-state index contributed by atoms with van der Waals surface area (Å²) in [4.78, 5) is 0. The molecule has 0 aromatic heterocycles. The second kappa shape index (κ2) is 7.24. The van der Waals surface area contributed by atoms with E-state index in [1.165, 1.54) is 18.3 Å². The molecule has 1 N–H and O–H groups in total. The molecule has 0 fully saturated rings. The van der Waals surface area contributed by atoms with Crippen LogP contribution in [0.4, 0.5) is 0 Å². The molecule has 1 unspecified atom stereocenters. The first-order valence-electron chi connectivity index (χ1n) is 5.97. The van der Waals surface area contributed by atoms with Crippen molar-refractivity contribution < 1.29 is 0 Å². The number of benzene rings is 2. The Bertz CT molecular complexity index is 555. The first kappa shape index (κ1) is 15.5. The molecule has 2 aromatic rings. The van der Waals surface area contributed by atoms with Gasteiger partial charge in [0.25, 0.3) is 0 Å². The zero-order valence-corrected chi connectivity index (χ0v) is 15.5. The molecule has 0 bridgehead atoms. The maximum atomic E-state index is 6.11. The van der Waals surface area contributed by atoms with Crippen molar-refractivity contribution in [3.63, 3.8) is 0 Å². The minimum Gasteiger partial charge on any atom is -0.313 e. The molecule has 0 amide bonds. The largest absolute Gasteiger partial charge is 0.313 e. The fourth-order valence-electron chi connectivity index (χ4n) is 2.01. The van der Waals surface area contributed by atoms with E-state index in [0.29, 0.717) is 0 Å². The molecule has 1 nitrogen and oxygen atoms in total. The Morgan fingerprint density at radius 1 is 1.11 bits per heavy atom. The normalized spacial score (nSPS) is 12.4. The summed E-state index contributed by atoms with van der Waals surface area (Å²) in [6.45, 7) is 0. The molecule has 0 heterocycles. The van der Waals surface area contributed by atoms with Gasteiger partial charge in [-0.25, -0.2) is 0 Å². The highest BCUT2D eigenvalue weighted by atomic mass is 127. The zero-order chi connectivity index (χ0) is 13.8. The van der Waals surface area contributed by atoms with Gasteiger partial charge in [-0.05, 0) is 100 Å². The Morgan fingerprint density at radius 3 is 2.42 bits per heavy atom. The molecule has 4 heteroatoms. The topological polar surface area (TPSA) is 12.0 Å². The lowest BCUT2D eigenvalue weighted by molar-refractivity contribution is 0.589. The van der Waals surface area contributed by atoms with Crippen LogP contribution in [0.3, 0.4) is 0 Å². The molecule has 0 saturated heterocycles. The minimum absolute atomic E-state index is 0.283. The molecule has 0 spiro atoms. The van der Waals surface area contributed by atoms with Gasteiger partial charge in [-0.3, -0.25) is 0 Å². The van der Waals surface area contributed by atoms with Crippen LogP contribution in [-0.2, 0) is 6.42 Å². The van der Waals surface area contributed by atoms with Crippen LogP contribution < -0.4 is 5.32 Å². The van der Waals surface area contributed by atoms with Crippen molar-refractivity contribution in [3.8, 4) is 0 Å². The van der Waals surface area contributed by atoms with E-state index in [0.717, 1.165) is 11.4 Å². The van der Waals surface area contributed by atoms with E-state index in [1.807, 2.05) is 13.1 Å². The monoisotopic (exact) mass is 497 g/mol. The molecule has 100 valence electrons. The van der Waals surface area contributed by atoms with Crippen LogP contribution in [0.15, 0.2) is 42.5 Å². The van der Waals surface area contributed by atoms with Crippen LogP contribution in [0.5, 0.6) is 0 Å². The van der Waals surface area contributed by atoms with Gasteiger partial charge in [0.1, 0.15) is 0 Å². The minimum atomic E-state index is 0.283. The van der Waals surface area contributed by atoms with Gasteiger partial charge < -0.3 is 5.32 Å². The van der Waals surface area contributed by atoms with E-state index in [9.17, 15) is 0 Å². The van der Waals surface area contributed by atoms with E-state index in [-0.39, 0.29) is 6.04 Å². The van der Waals surface area contributed by atoms with Crippen LogP contribution >= 0.6 is 56.8 Å². The number of nitrogens with one attached hydrogen (secondary N) is 1. The lowest BCUT2D eigenvalue weighted by Crippen LogP contribution is -2.19. The fourth-order valence-corrected chi connectivity index (χ4v) is 3.26. The summed E-state index contributed by atoms with van der Waals surface area (Å²) in [6, 6.07) is 15.0. The van der Waals surface area contributed by atoms with Crippen molar-refractivity contribution in [2.45, 2.75) is 12.5 Å². The average molecular weight is 498 g/mol. The van der Waals surface area contributed by atoms with Crippen molar-refractivity contribution in [2.75, 3.05) is 7.05 Å². The zero-order valence-electron chi connectivity index (χ0n) is 10.5. The lowest BCUT2D eigenvalue weighted by atomic mass is 9.99. The Labute approximate surface area is 146 Å². The van der Waals surface area contributed by atoms with Crippen molar-refractivity contribution >= 4 is 56.8 Å². The van der Waals surface area contributed by atoms with E-state index < -0.39 is 0 Å². The molecule has 2 aromatic carbocycles. The van der Waals surface area contributed by atoms with Gasteiger partial charge >= 0.3 is 0 Å². The third-order valence-electron chi connectivity index (χ3n) is 3.04. The Hall–Kier alpha value is 0.150. The Morgan fingerprint density at radius 2 is 1.79 bits per heavy atom. The summed E-state index contributed by atoms with van der Waals surface area (Å²) in [5.74, 6) is 0. The average Bonchev–Trinajstić information content (AvgIpc) is 2.41. The SMILES string of the molecule is CNC(Cc1ccc(I)cc1)c1cc(Cl)ccc1I. The molecule has 0 aliphatic carbocycles. The summed E-state index contributed by atoms with van der Waals surface area (Å²) >= 11 is 10.8. The van der Waals surface area contributed by atoms with E-state index in [2.05, 4.69) is 86.9 Å². The highest BCUT2D eigenvalue weighted by molar-refractivity contribution is 14.1. The van der Waals surface area contributed by atoms with Crippen LogP contribution in [0.25, 0.3) is 0 Å². The summed E-state index contributed by atoms with van der Waals surface area (Å²) in [6.07, 6.45) is 0.962. The van der Waals surface area contributed by atoms with E-state index >= 15 is 0 Å². The Balaban J connectivity index is 2.24. The summed E-state index contributed by atoms with van der Waals surface area (Å²) < 4.78 is 2.51. The predicted molar refractivity (Wildman–Crippen MR) is 98.8 cm³/mol. The van der Waals surface area contributed by atoms with Crippen molar-refractivity contribution in [1.29, 1.82) is 0 Å². The first-order valence-corrected chi connectivity index (χ1v) is 8.50. The third-order valence-corrected chi connectivity index (χ3v) is 4.97. The molecule has 2 rings (SSSR count). The molecular formula is C15H14ClI2N. The maximum absolute atomic E-state index is 6.11. The lowest BCUT2D eigenvalue weighted by Gasteiger charge is -2.18. The van der Waals surface area contributed by atoms with Crippen molar-refractivity contribution in [1.82, 2.24) is 5.32 Å². The fraction of sp³-hybridized carbons (Fsp3) is 0.200. The first-order chi connectivity index (χ1) is 9.10. The van der Waals surface area contributed by atoms with Gasteiger partial charge in [-0.15, -0.1) is 0 Å². The van der Waals surface area contributed by atoms with E-state index in [4.69, 9.17) is 11.6 Å². The summed E-state index contributed by atoms with van der Waals surface area (Å²) in [5, 5.41) is 4.17. The van der Waals surface area contributed by atoms with Gasteiger partial charge in [-0.2, -0.15) is 0 Å². The maximum Gasteiger partial charge on any atom is 0.0410 e.